The minimum absolute atomic E-state index is 0.458. The molecule has 1 aliphatic heterocycles. The predicted octanol–water partition coefficient (Wildman–Crippen LogP) is 6.36. The molecular weight excluding hydrogens is 310 g/mol. The first-order valence-electron chi connectivity index (χ1n) is 9.46. The van der Waals surface area contributed by atoms with E-state index in [-0.39, 0.29) is 0 Å². The summed E-state index contributed by atoms with van der Waals surface area (Å²) >= 11 is 1.94. The van der Waals surface area contributed by atoms with Crippen molar-refractivity contribution in [3.05, 3.63) is 48.0 Å². The maximum Gasteiger partial charge on any atom is 0.0564 e. The van der Waals surface area contributed by atoms with Crippen LogP contribution in [0.3, 0.4) is 0 Å². The number of hydrogen-bond acceptors (Lipinski definition) is 2. The third kappa shape index (κ3) is 1.89. The second-order valence-electron chi connectivity index (χ2n) is 8.60. The Morgan fingerprint density at radius 3 is 2.21 bits per heavy atom. The predicted molar refractivity (Wildman–Crippen MR) is 100 cm³/mol. The molecule has 4 fully saturated rings. The van der Waals surface area contributed by atoms with Gasteiger partial charge in [0.1, 0.15) is 0 Å². The summed E-state index contributed by atoms with van der Waals surface area (Å²) in [6, 6.07) is 15.8. The molecule has 4 saturated carbocycles. The van der Waals surface area contributed by atoms with Crippen molar-refractivity contribution in [2.45, 2.75) is 53.7 Å². The third-order valence-electron chi connectivity index (χ3n) is 7.00. The first-order chi connectivity index (χ1) is 11.8. The minimum atomic E-state index is 0.458. The van der Waals surface area contributed by atoms with E-state index in [1.54, 1.807) is 5.56 Å². The summed E-state index contributed by atoms with van der Waals surface area (Å²) in [5, 5.41) is 3.81. The summed E-state index contributed by atoms with van der Waals surface area (Å²) in [6.45, 7) is 0. The van der Waals surface area contributed by atoms with Crippen LogP contribution >= 0.6 is 11.8 Å². The zero-order valence-electron chi connectivity index (χ0n) is 13.9. The van der Waals surface area contributed by atoms with Gasteiger partial charge in [0.05, 0.1) is 11.4 Å². The molecule has 7 rings (SSSR count). The highest BCUT2D eigenvalue weighted by atomic mass is 32.2. The molecule has 2 heteroatoms. The molecule has 0 aromatic heterocycles. The average Bonchev–Trinajstić information content (AvgIpc) is 2.58. The van der Waals surface area contributed by atoms with Crippen molar-refractivity contribution >= 4 is 23.1 Å². The van der Waals surface area contributed by atoms with Crippen molar-refractivity contribution in [1.82, 2.24) is 0 Å². The van der Waals surface area contributed by atoms with Crippen LogP contribution in [-0.4, -0.2) is 0 Å². The van der Waals surface area contributed by atoms with Crippen LogP contribution in [0.2, 0.25) is 0 Å². The van der Waals surface area contributed by atoms with Crippen molar-refractivity contribution in [2.24, 2.45) is 17.8 Å². The highest BCUT2D eigenvalue weighted by molar-refractivity contribution is 7.99. The van der Waals surface area contributed by atoms with E-state index >= 15 is 0 Å². The summed E-state index contributed by atoms with van der Waals surface area (Å²) in [5.41, 5.74) is 4.79. The Morgan fingerprint density at radius 2 is 1.46 bits per heavy atom. The number of anilines is 2. The van der Waals surface area contributed by atoms with Crippen LogP contribution < -0.4 is 5.32 Å². The molecule has 1 N–H and O–H groups in total. The fourth-order valence-corrected chi connectivity index (χ4v) is 7.56. The number of fused-ring (bicyclic) bond motifs is 2. The number of hydrogen-bond donors (Lipinski definition) is 1. The van der Waals surface area contributed by atoms with Gasteiger partial charge in [-0.3, -0.25) is 0 Å². The zero-order valence-corrected chi connectivity index (χ0v) is 14.7. The van der Waals surface area contributed by atoms with E-state index in [0.29, 0.717) is 5.41 Å². The average molecular weight is 334 g/mol. The maximum absolute atomic E-state index is 3.81. The topological polar surface area (TPSA) is 12.0 Å². The minimum Gasteiger partial charge on any atom is -0.353 e. The Morgan fingerprint density at radius 1 is 0.792 bits per heavy atom. The fraction of sp³-hybridized carbons (Fsp3) is 0.455. The first-order valence-corrected chi connectivity index (χ1v) is 10.3. The molecule has 2 aromatic carbocycles. The van der Waals surface area contributed by atoms with Gasteiger partial charge in [-0.05, 0) is 85.5 Å². The van der Waals surface area contributed by atoms with E-state index in [1.165, 1.54) is 59.7 Å². The Bertz CT molecular complexity index is 789. The van der Waals surface area contributed by atoms with Gasteiger partial charge in [0.2, 0.25) is 0 Å². The number of rotatable bonds is 1. The third-order valence-corrected chi connectivity index (χ3v) is 8.14. The van der Waals surface area contributed by atoms with Gasteiger partial charge in [-0.15, -0.1) is 0 Å². The SMILES string of the molecule is c1ccc2c(c1)Nc1c(cccc1C13CC4CC(CC(C4)C1)C3)S2. The van der Waals surface area contributed by atoms with Gasteiger partial charge in [0, 0.05) is 9.79 Å². The van der Waals surface area contributed by atoms with Crippen LogP contribution in [0.15, 0.2) is 52.3 Å². The van der Waals surface area contributed by atoms with Crippen LogP contribution in [0.4, 0.5) is 11.4 Å². The van der Waals surface area contributed by atoms with Crippen LogP contribution in [-0.2, 0) is 5.41 Å². The molecular formula is C22H23NS. The monoisotopic (exact) mass is 333 g/mol. The lowest BCUT2D eigenvalue weighted by molar-refractivity contribution is -0.00492. The van der Waals surface area contributed by atoms with Gasteiger partial charge in [-0.25, -0.2) is 0 Å². The second kappa shape index (κ2) is 4.82. The van der Waals surface area contributed by atoms with E-state index < -0.39 is 0 Å². The molecule has 1 heterocycles. The smallest absolute Gasteiger partial charge is 0.0564 e. The first kappa shape index (κ1) is 13.8. The Kier molecular flexibility index (Phi) is 2.78. The number of nitrogens with one attached hydrogen (secondary N) is 1. The Balaban J connectivity index is 1.48. The fourth-order valence-electron chi connectivity index (χ4n) is 6.54. The summed E-state index contributed by atoms with van der Waals surface area (Å²) < 4.78 is 0. The summed E-state index contributed by atoms with van der Waals surface area (Å²) in [5.74, 6) is 2.99. The van der Waals surface area contributed by atoms with Gasteiger partial charge in [-0.1, -0.05) is 36.0 Å². The highest BCUT2D eigenvalue weighted by Crippen LogP contribution is 2.62. The van der Waals surface area contributed by atoms with Gasteiger partial charge >= 0.3 is 0 Å². The van der Waals surface area contributed by atoms with Crippen LogP contribution in [0.25, 0.3) is 0 Å². The molecule has 5 aliphatic rings. The van der Waals surface area contributed by atoms with Gasteiger partial charge in [-0.2, -0.15) is 0 Å². The summed E-state index contributed by atoms with van der Waals surface area (Å²) in [4.78, 5) is 2.77. The Hall–Kier alpha value is -1.41. The zero-order chi connectivity index (χ0) is 15.7. The van der Waals surface area contributed by atoms with E-state index in [2.05, 4.69) is 47.8 Å². The highest BCUT2D eigenvalue weighted by Gasteiger charge is 2.52. The largest absolute Gasteiger partial charge is 0.353 e. The Labute approximate surface area is 148 Å². The van der Waals surface area contributed by atoms with E-state index in [1.807, 2.05) is 11.8 Å². The molecule has 2 aromatic rings. The number of para-hydroxylation sites is 2. The van der Waals surface area contributed by atoms with Crippen LogP contribution in [0.5, 0.6) is 0 Å². The summed E-state index contributed by atoms with van der Waals surface area (Å²) in [7, 11) is 0. The van der Waals surface area contributed by atoms with Gasteiger partial charge in [0.25, 0.3) is 0 Å². The molecule has 0 unspecified atom stereocenters. The maximum atomic E-state index is 3.81. The quantitative estimate of drug-likeness (QED) is 0.556. The lowest BCUT2D eigenvalue weighted by Crippen LogP contribution is -2.48. The van der Waals surface area contributed by atoms with Crippen molar-refractivity contribution < 1.29 is 0 Å². The van der Waals surface area contributed by atoms with E-state index in [4.69, 9.17) is 0 Å². The lowest BCUT2D eigenvalue weighted by atomic mass is 9.48. The summed E-state index contributed by atoms with van der Waals surface area (Å²) in [6.07, 6.45) is 8.84. The number of benzene rings is 2. The van der Waals surface area contributed by atoms with Gasteiger partial charge in [0.15, 0.2) is 0 Å². The van der Waals surface area contributed by atoms with E-state index in [0.717, 1.165) is 17.8 Å². The van der Waals surface area contributed by atoms with Gasteiger partial charge < -0.3 is 5.32 Å². The molecule has 4 bridgehead atoms. The van der Waals surface area contributed by atoms with Crippen LogP contribution in [0.1, 0.15) is 44.1 Å². The van der Waals surface area contributed by atoms with Crippen molar-refractivity contribution in [3.63, 3.8) is 0 Å². The molecule has 0 spiro atoms. The van der Waals surface area contributed by atoms with Crippen LogP contribution in [0, 0.1) is 17.8 Å². The molecule has 4 aliphatic carbocycles. The van der Waals surface area contributed by atoms with Crippen molar-refractivity contribution in [2.75, 3.05) is 5.32 Å². The molecule has 1 nitrogen and oxygen atoms in total. The standard InChI is InChI=1S/C22H23NS/c1-2-6-19-18(5-1)23-21-17(4-3-7-20(21)24-19)22-11-14-8-15(12-22)10-16(9-14)13-22/h1-7,14-16,23H,8-13H2. The molecule has 0 atom stereocenters. The van der Waals surface area contributed by atoms with E-state index in [9.17, 15) is 0 Å². The molecule has 24 heavy (non-hydrogen) atoms. The molecule has 0 saturated heterocycles. The van der Waals surface area contributed by atoms with Crippen molar-refractivity contribution in [1.29, 1.82) is 0 Å². The second-order valence-corrected chi connectivity index (χ2v) is 9.68. The normalized spacial score (nSPS) is 35.2. The molecule has 0 radical (unpaired) electrons. The molecule has 122 valence electrons. The lowest BCUT2D eigenvalue weighted by Gasteiger charge is -2.57. The molecule has 0 amide bonds. The van der Waals surface area contributed by atoms with Crippen molar-refractivity contribution in [3.8, 4) is 0 Å².